The van der Waals surface area contributed by atoms with Crippen LogP contribution in [0.3, 0.4) is 0 Å². The van der Waals surface area contributed by atoms with E-state index in [1.54, 1.807) is 13.2 Å². The zero-order valence-electron chi connectivity index (χ0n) is 8.73. The summed E-state index contributed by atoms with van der Waals surface area (Å²) >= 11 is 0. The molecule has 1 aromatic carbocycles. The van der Waals surface area contributed by atoms with Crippen LogP contribution in [0.15, 0.2) is 35.1 Å². The molecule has 1 aromatic heterocycles. The number of benzene rings is 1. The lowest BCUT2D eigenvalue weighted by Crippen LogP contribution is -2.13. The number of hydrogen-bond acceptors (Lipinski definition) is 4. The molecule has 0 aliphatic carbocycles. The molecule has 0 spiro atoms. The standard InChI is InChI=1S/C11H11N3O2/c1-16-9-5-3-2-4-7(9)8-6-10(12)14-11(15)13-8/h2-6H,1H3,(H3,12,13,14,15). The summed E-state index contributed by atoms with van der Waals surface area (Å²) < 4.78 is 5.20. The van der Waals surface area contributed by atoms with Gasteiger partial charge in [0.15, 0.2) is 0 Å². The third kappa shape index (κ3) is 1.88. The van der Waals surface area contributed by atoms with Gasteiger partial charge in [-0.15, -0.1) is 0 Å². The fourth-order valence-corrected chi connectivity index (χ4v) is 1.49. The Balaban J connectivity index is 2.62. The maximum Gasteiger partial charge on any atom is 0.347 e. The molecule has 2 rings (SSSR count). The van der Waals surface area contributed by atoms with Gasteiger partial charge in [0, 0.05) is 11.6 Å². The van der Waals surface area contributed by atoms with E-state index in [1.165, 1.54) is 0 Å². The van der Waals surface area contributed by atoms with E-state index in [0.717, 1.165) is 5.56 Å². The Morgan fingerprint density at radius 2 is 2.12 bits per heavy atom. The van der Waals surface area contributed by atoms with Crippen molar-refractivity contribution in [3.05, 3.63) is 40.8 Å². The number of hydrogen-bond donors (Lipinski definition) is 2. The monoisotopic (exact) mass is 217 g/mol. The average molecular weight is 217 g/mol. The van der Waals surface area contributed by atoms with Crippen molar-refractivity contribution in [3.63, 3.8) is 0 Å². The normalized spacial score (nSPS) is 10.1. The van der Waals surface area contributed by atoms with Crippen LogP contribution < -0.4 is 16.2 Å². The van der Waals surface area contributed by atoms with E-state index in [1.807, 2.05) is 24.3 Å². The minimum Gasteiger partial charge on any atom is -0.496 e. The van der Waals surface area contributed by atoms with Crippen molar-refractivity contribution in [1.82, 2.24) is 9.97 Å². The second-order valence-corrected chi connectivity index (χ2v) is 3.23. The van der Waals surface area contributed by atoms with Gasteiger partial charge in [0.2, 0.25) is 0 Å². The third-order valence-electron chi connectivity index (χ3n) is 2.16. The topological polar surface area (TPSA) is 81.0 Å². The number of H-pyrrole nitrogens is 1. The highest BCUT2D eigenvalue weighted by atomic mass is 16.5. The van der Waals surface area contributed by atoms with Crippen molar-refractivity contribution in [2.24, 2.45) is 0 Å². The number of anilines is 1. The molecule has 0 unspecified atom stereocenters. The number of methoxy groups -OCH3 is 1. The van der Waals surface area contributed by atoms with Crippen molar-refractivity contribution in [2.75, 3.05) is 12.8 Å². The molecular formula is C11H11N3O2. The Morgan fingerprint density at radius 1 is 1.38 bits per heavy atom. The maximum absolute atomic E-state index is 11.2. The van der Waals surface area contributed by atoms with Crippen molar-refractivity contribution >= 4 is 5.82 Å². The van der Waals surface area contributed by atoms with Crippen LogP contribution in [-0.4, -0.2) is 17.1 Å². The van der Waals surface area contributed by atoms with Crippen LogP contribution >= 0.6 is 0 Å². The molecule has 0 fully saturated rings. The lowest BCUT2D eigenvalue weighted by Gasteiger charge is -2.07. The predicted octanol–water partition coefficient (Wildman–Crippen LogP) is 1.03. The molecule has 0 aliphatic heterocycles. The molecule has 0 atom stereocenters. The van der Waals surface area contributed by atoms with Crippen molar-refractivity contribution in [3.8, 4) is 17.0 Å². The van der Waals surface area contributed by atoms with Gasteiger partial charge < -0.3 is 15.5 Å². The Morgan fingerprint density at radius 3 is 2.81 bits per heavy atom. The number of nitrogens with two attached hydrogens (primary N) is 1. The first-order valence-electron chi connectivity index (χ1n) is 4.71. The van der Waals surface area contributed by atoms with Gasteiger partial charge in [-0.25, -0.2) is 4.79 Å². The lowest BCUT2D eigenvalue weighted by atomic mass is 10.1. The average Bonchev–Trinajstić information content (AvgIpc) is 2.27. The highest BCUT2D eigenvalue weighted by Gasteiger charge is 2.06. The Hall–Kier alpha value is -2.30. The number of aromatic nitrogens is 2. The molecule has 0 aliphatic rings. The number of para-hydroxylation sites is 1. The van der Waals surface area contributed by atoms with Gasteiger partial charge in [0.05, 0.1) is 12.8 Å². The van der Waals surface area contributed by atoms with Crippen molar-refractivity contribution in [1.29, 1.82) is 0 Å². The Bertz CT molecular complexity index is 563. The van der Waals surface area contributed by atoms with Crippen LogP contribution in [-0.2, 0) is 0 Å². The van der Waals surface area contributed by atoms with Crippen LogP contribution in [0.5, 0.6) is 5.75 Å². The molecule has 82 valence electrons. The minimum atomic E-state index is -0.471. The van der Waals surface area contributed by atoms with Gasteiger partial charge in [-0.1, -0.05) is 12.1 Å². The second-order valence-electron chi connectivity index (χ2n) is 3.23. The van der Waals surface area contributed by atoms with Crippen LogP contribution in [0, 0.1) is 0 Å². The summed E-state index contributed by atoms with van der Waals surface area (Å²) in [4.78, 5) is 17.4. The Labute approximate surface area is 91.9 Å². The lowest BCUT2D eigenvalue weighted by molar-refractivity contribution is 0.416. The number of aromatic amines is 1. The highest BCUT2D eigenvalue weighted by Crippen LogP contribution is 2.27. The molecule has 5 nitrogen and oxygen atoms in total. The number of nitrogens with zero attached hydrogens (tertiary/aromatic N) is 1. The molecule has 0 amide bonds. The van der Waals surface area contributed by atoms with Gasteiger partial charge in [-0.3, -0.25) is 0 Å². The summed E-state index contributed by atoms with van der Waals surface area (Å²) in [7, 11) is 1.57. The highest BCUT2D eigenvalue weighted by molar-refractivity contribution is 5.68. The molecule has 0 saturated heterocycles. The van der Waals surface area contributed by atoms with E-state index < -0.39 is 5.69 Å². The molecule has 0 bridgehead atoms. The zero-order chi connectivity index (χ0) is 11.5. The van der Waals surface area contributed by atoms with Gasteiger partial charge in [0.25, 0.3) is 0 Å². The van der Waals surface area contributed by atoms with Gasteiger partial charge in [-0.05, 0) is 12.1 Å². The molecule has 5 heteroatoms. The third-order valence-corrected chi connectivity index (χ3v) is 2.16. The number of nitrogens with one attached hydrogen (secondary N) is 1. The molecule has 16 heavy (non-hydrogen) atoms. The van der Waals surface area contributed by atoms with Gasteiger partial charge in [-0.2, -0.15) is 4.98 Å². The fourth-order valence-electron chi connectivity index (χ4n) is 1.49. The summed E-state index contributed by atoms with van der Waals surface area (Å²) in [5, 5.41) is 0. The minimum absolute atomic E-state index is 0.185. The van der Waals surface area contributed by atoms with E-state index in [9.17, 15) is 4.79 Å². The molecular weight excluding hydrogens is 206 g/mol. The van der Waals surface area contributed by atoms with Crippen LogP contribution in [0.25, 0.3) is 11.3 Å². The zero-order valence-corrected chi connectivity index (χ0v) is 8.73. The summed E-state index contributed by atoms with van der Waals surface area (Å²) in [6, 6.07) is 8.95. The molecule has 0 saturated carbocycles. The Kier molecular flexibility index (Phi) is 2.59. The molecule has 3 N–H and O–H groups in total. The maximum atomic E-state index is 11.2. The summed E-state index contributed by atoms with van der Waals surface area (Å²) in [5.41, 5.74) is 6.41. The van der Waals surface area contributed by atoms with E-state index in [2.05, 4.69) is 9.97 Å². The smallest absolute Gasteiger partial charge is 0.347 e. The predicted molar refractivity (Wildman–Crippen MR) is 61.3 cm³/mol. The van der Waals surface area contributed by atoms with Crippen LogP contribution in [0.4, 0.5) is 5.82 Å². The first-order chi connectivity index (χ1) is 7.70. The van der Waals surface area contributed by atoms with Gasteiger partial charge >= 0.3 is 5.69 Å². The number of ether oxygens (including phenoxy) is 1. The van der Waals surface area contributed by atoms with Crippen LogP contribution in [0.1, 0.15) is 0 Å². The van der Waals surface area contributed by atoms with E-state index >= 15 is 0 Å². The van der Waals surface area contributed by atoms with E-state index in [-0.39, 0.29) is 5.82 Å². The number of nitrogen functional groups attached to an aromatic ring is 1. The summed E-state index contributed by atoms with van der Waals surface area (Å²) in [6.45, 7) is 0. The first-order valence-corrected chi connectivity index (χ1v) is 4.71. The fraction of sp³-hybridized carbons (Fsp3) is 0.0909. The largest absolute Gasteiger partial charge is 0.496 e. The first kappa shape index (κ1) is 10.2. The SMILES string of the molecule is COc1ccccc1-c1cc(N)nc(=O)[nH]1. The van der Waals surface area contributed by atoms with Crippen LogP contribution in [0.2, 0.25) is 0 Å². The second kappa shape index (κ2) is 4.06. The summed E-state index contributed by atoms with van der Waals surface area (Å²) in [5.74, 6) is 0.855. The van der Waals surface area contributed by atoms with E-state index in [4.69, 9.17) is 10.5 Å². The molecule has 0 radical (unpaired) electrons. The molecule has 2 aromatic rings. The quantitative estimate of drug-likeness (QED) is 0.787. The van der Waals surface area contributed by atoms with E-state index in [0.29, 0.717) is 11.4 Å². The van der Waals surface area contributed by atoms with Gasteiger partial charge in [0.1, 0.15) is 11.6 Å². The number of rotatable bonds is 2. The van der Waals surface area contributed by atoms with Crippen molar-refractivity contribution in [2.45, 2.75) is 0 Å². The van der Waals surface area contributed by atoms with Crippen molar-refractivity contribution < 1.29 is 4.74 Å². The summed E-state index contributed by atoms with van der Waals surface area (Å²) in [6.07, 6.45) is 0. The molecule has 1 heterocycles.